The number of ether oxygens (including phenoxy) is 2. The minimum absolute atomic E-state index is 0.0443. The number of alkyl carbamates (subject to hydrolysis) is 1. The highest BCUT2D eigenvalue weighted by molar-refractivity contribution is 5.77. The number of esters is 1. The third kappa shape index (κ3) is 3.56. The zero-order chi connectivity index (χ0) is 23.5. The molecule has 0 aromatic rings. The van der Waals surface area contributed by atoms with Gasteiger partial charge < -0.3 is 19.9 Å². The van der Waals surface area contributed by atoms with Crippen LogP contribution in [0.15, 0.2) is 0 Å². The van der Waals surface area contributed by atoms with Gasteiger partial charge in [-0.25, -0.2) is 4.79 Å². The second kappa shape index (κ2) is 7.89. The average molecular weight is 450 g/mol. The molecule has 1 amide bonds. The number of fused-ring (bicyclic) bond motifs is 3. The molecule has 0 aromatic carbocycles. The number of rotatable bonds is 3. The van der Waals surface area contributed by atoms with E-state index in [0.29, 0.717) is 24.3 Å². The Labute approximate surface area is 193 Å². The molecule has 5 aliphatic carbocycles. The molecular weight excluding hydrogens is 406 g/mol. The molecule has 6 heteroatoms. The number of nitrogens with one attached hydrogen (secondary N) is 1. The van der Waals surface area contributed by atoms with Crippen molar-refractivity contribution in [2.75, 3.05) is 13.7 Å². The van der Waals surface area contributed by atoms with Gasteiger partial charge in [-0.1, -0.05) is 13.3 Å². The fourth-order valence-electron chi connectivity index (χ4n) is 8.75. The van der Waals surface area contributed by atoms with Crippen LogP contribution in [0.2, 0.25) is 0 Å². The summed E-state index contributed by atoms with van der Waals surface area (Å²) in [6.07, 6.45) is 7.42. The Balaban J connectivity index is 1.55. The summed E-state index contributed by atoms with van der Waals surface area (Å²) < 4.78 is 10.7. The van der Waals surface area contributed by atoms with Gasteiger partial charge in [-0.2, -0.15) is 0 Å². The van der Waals surface area contributed by atoms with E-state index in [9.17, 15) is 14.7 Å². The fraction of sp³-hybridized carbons (Fsp3) is 0.923. The predicted octanol–water partition coefficient (Wildman–Crippen LogP) is 4.68. The Morgan fingerprint density at radius 3 is 2.41 bits per heavy atom. The lowest BCUT2D eigenvalue weighted by atomic mass is 9.35. The van der Waals surface area contributed by atoms with Crippen molar-refractivity contribution in [1.82, 2.24) is 5.32 Å². The van der Waals surface area contributed by atoms with Crippen molar-refractivity contribution >= 4 is 12.1 Å². The van der Waals surface area contributed by atoms with Gasteiger partial charge in [-0.05, 0) is 95.8 Å². The number of amides is 1. The summed E-state index contributed by atoms with van der Waals surface area (Å²) in [4.78, 5) is 25.1. The largest absolute Gasteiger partial charge is 0.469 e. The molecule has 0 unspecified atom stereocenters. The van der Waals surface area contributed by atoms with Crippen LogP contribution in [0.4, 0.5) is 4.79 Å². The van der Waals surface area contributed by atoms with Gasteiger partial charge in [0.1, 0.15) is 5.60 Å². The van der Waals surface area contributed by atoms with Crippen molar-refractivity contribution in [3.8, 4) is 0 Å². The predicted molar refractivity (Wildman–Crippen MR) is 122 cm³/mol. The van der Waals surface area contributed by atoms with Crippen molar-refractivity contribution < 1.29 is 24.2 Å². The van der Waals surface area contributed by atoms with Gasteiger partial charge in [0.05, 0.1) is 18.6 Å². The van der Waals surface area contributed by atoms with E-state index >= 15 is 0 Å². The first-order valence-electron chi connectivity index (χ1n) is 12.6. The van der Waals surface area contributed by atoms with Gasteiger partial charge in [-0.15, -0.1) is 0 Å². The van der Waals surface area contributed by atoms with Crippen LogP contribution in [0.3, 0.4) is 0 Å². The molecule has 8 atom stereocenters. The first kappa shape index (κ1) is 23.8. The third-order valence-corrected chi connectivity index (χ3v) is 10.0. The number of carbonyl (C=O) groups is 2. The molecule has 5 fully saturated rings. The summed E-state index contributed by atoms with van der Waals surface area (Å²) in [5.74, 6) is 1.13. The van der Waals surface area contributed by atoms with Gasteiger partial charge >= 0.3 is 12.1 Å². The maximum absolute atomic E-state index is 12.8. The molecule has 0 aliphatic heterocycles. The Hall–Kier alpha value is -1.30. The normalized spacial score (nSPS) is 45.4. The van der Waals surface area contributed by atoms with Crippen LogP contribution < -0.4 is 5.32 Å². The quantitative estimate of drug-likeness (QED) is 0.611. The topological polar surface area (TPSA) is 84.9 Å². The Morgan fingerprint density at radius 1 is 1.06 bits per heavy atom. The summed E-state index contributed by atoms with van der Waals surface area (Å²) in [5.41, 5.74) is -1.02. The van der Waals surface area contributed by atoms with E-state index < -0.39 is 23.2 Å². The molecule has 0 heterocycles. The summed E-state index contributed by atoms with van der Waals surface area (Å²) >= 11 is 0. The first-order valence-corrected chi connectivity index (χ1v) is 12.6. The van der Waals surface area contributed by atoms with E-state index in [2.05, 4.69) is 19.2 Å². The molecular formula is C26H43NO5. The van der Waals surface area contributed by atoms with E-state index in [1.807, 2.05) is 20.8 Å². The van der Waals surface area contributed by atoms with Crippen LogP contribution in [0.5, 0.6) is 0 Å². The number of hydrogen-bond acceptors (Lipinski definition) is 5. The van der Waals surface area contributed by atoms with E-state index in [4.69, 9.17) is 9.47 Å². The molecule has 5 saturated carbocycles. The van der Waals surface area contributed by atoms with Crippen LogP contribution in [0.1, 0.15) is 86.0 Å². The van der Waals surface area contributed by atoms with E-state index in [1.165, 1.54) is 7.11 Å². The van der Waals surface area contributed by atoms with Crippen LogP contribution in [-0.4, -0.2) is 42.5 Å². The van der Waals surface area contributed by atoms with Crippen molar-refractivity contribution in [2.24, 2.45) is 39.9 Å². The van der Waals surface area contributed by atoms with Gasteiger partial charge in [-0.3, -0.25) is 4.79 Å². The molecule has 5 aliphatic rings. The van der Waals surface area contributed by atoms with Crippen LogP contribution >= 0.6 is 0 Å². The highest BCUT2D eigenvalue weighted by atomic mass is 16.6. The summed E-state index contributed by atoms with van der Waals surface area (Å²) in [5, 5.41) is 14.6. The van der Waals surface area contributed by atoms with E-state index in [0.717, 1.165) is 51.4 Å². The lowest BCUT2D eigenvalue weighted by Gasteiger charge is -2.70. The monoisotopic (exact) mass is 449 g/mol. The Bertz CT molecular complexity index is 762. The van der Waals surface area contributed by atoms with Crippen molar-refractivity contribution in [2.45, 2.75) is 97.7 Å². The molecule has 2 N–H and O–H groups in total. The number of aliphatic hydroxyl groups is 1. The smallest absolute Gasteiger partial charge is 0.407 e. The number of carbonyl (C=O) groups excluding carboxylic acids is 2. The zero-order valence-electron chi connectivity index (χ0n) is 20.8. The number of hydrogen-bond donors (Lipinski definition) is 2. The summed E-state index contributed by atoms with van der Waals surface area (Å²) in [6.45, 7) is 10.6. The SMILES string of the molecule is COC(=O)[C@]1(C)CCC[C@@]2(C)[C@@H]3C[C@@H]4CC[C@@]3(CC[C@@H]21)[C@H](O)[C@H]4CNC(=O)OC(C)(C)C. The Morgan fingerprint density at radius 2 is 1.75 bits per heavy atom. The van der Waals surface area contributed by atoms with Crippen molar-refractivity contribution in [3.63, 3.8) is 0 Å². The zero-order valence-corrected chi connectivity index (χ0v) is 20.8. The fourth-order valence-corrected chi connectivity index (χ4v) is 8.75. The van der Waals surface area contributed by atoms with Crippen molar-refractivity contribution in [3.05, 3.63) is 0 Å². The highest BCUT2D eigenvalue weighted by Crippen LogP contribution is 2.72. The minimum atomic E-state index is -0.529. The minimum Gasteiger partial charge on any atom is -0.469 e. The van der Waals surface area contributed by atoms with Gasteiger partial charge in [0.2, 0.25) is 0 Å². The van der Waals surface area contributed by atoms with Crippen LogP contribution in [-0.2, 0) is 14.3 Å². The molecule has 5 rings (SSSR count). The number of methoxy groups -OCH3 is 1. The number of aliphatic hydroxyl groups excluding tert-OH is 1. The van der Waals surface area contributed by atoms with Crippen molar-refractivity contribution in [1.29, 1.82) is 0 Å². The molecule has 0 radical (unpaired) electrons. The first-order chi connectivity index (χ1) is 14.9. The standard InChI is InChI=1S/C26H43NO5/c1-23(2,3)32-22(30)27-15-17-16-8-12-26(20(17)28)13-9-18-24(4,19(26)14-16)10-7-11-25(18,5)21(29)31-6/h16-20,28H,7-15H2,1-6H3,(H,27,30)/t16-,17-,18-,19-,20+,24+,25+,26-/m0/s1. The lowest BCUT2D eigenvalue weighted by Crippen LogP contribution is -2.67. The lowest BCUT2D eigenvalue weighted by molar-refractivity contribution is -0.244. The van der Waals surface area contributed by atoms with Gasteiger partial charge in [0.15, 0.2) is 0 Å². The van der Waals surface area contributed by atoms with Gasteiger partial charge in [0.25, 0.3) is 0 Å². The van der Waals surface area contributed by atoms with Crippen LogP contribution in [0.25, 0.3) is 0 Å². The Kier molecular flexibility index (Phi) is 5.88. The molecule has 182 valence electrons. The molecule has 6 nitrogen and oxygen atoms in total. The van der Waals surface area contributed by atoms with E-state index in [-0.39, 0.29) is 22.7 Å². The molecule has 32 heavy (non-hydrogen) atoms. The van der Waals surface area contributed by atoms with Gasteiger partial charge in [0, 0.05) is 17.9 Å². The average Bonchev–Trinajstić information content (AvgIpc) is 2.71. The molecule has 2 bridgehead atoms. The van der Waals surface area contributed by atoms with E-state index in [1.54, 1.807) is 0 Å². The third-order valence-electron chi connectivity index (χ3n) is 10.0. The second-order valence-electron chi connectivity index (χ2n) is 12.7. The van der Waals surface area contributed by atoms with Crippen LogP contribution in [0, 0.1) is 39.9 Å². The molecule has 1 spiro atoms. The summed E-state index contributed by atoms with van der Waals surface area (Å²) in [6, 6.07) is 0. The maximum atomic E-state index is 12.8. The molecule has 0 aromatic heterocycles. The highest BCUT2D eigenvalue weighted by Gasteiger charge is 2.68. The maximum Gasteiger partial charge on any atom is 0.407 e. The second-order valence-corrected chi connectivity index (χ2v) is 12.7. The summed E-state index contributed by atoms with van der Waals surface area (Å²) in [7, 11) is 1.51. The molecule has 0 saturated heterocycles.